The molecule has 0 saturated heterocycles. The maximum Gasteiger partial charge on any atom is 0.269 e. The molecule has 0 radical (unpaired) electrons. The highest BCUT2D eigenvalue weighted by Gasteiger charge is 2.25. The molecule has 2 N–H and O–H groups in total. The molecule has 0 heterocycles. The number of benzene rings is 1. The number of rotatable bonds is 2. The van der Waals surface area contributed by atoms with E-state index in [0.29, 0.717) is 5.56 Å². The molecule has 1 aliphatic carbocycles. The Kier molecular flexibility index (Phi) is 3.65. The summed E-state index contributed by atoms with van der Waals surface area (Å²) in [6.45, 7) is 3.86. The molecule has 1 aromatic carbocycles. The molecule has 2 amide bonds. The Morgan fingerprint density at radius 1 is 1.17 bits per heavy atom. The summed E-state index contributed by atoms with van der Waals surface area (Å²) in [7, 11) is 0. The van der Waals surface area contributed by atoms with Crippen molar-refractivity contribution in [3.63, 3.8) is 0 Å². The van der Waals surface area contributed by atoms with Crippen LogP contribution >= 0.6 is 0 Å². The van der Waals surface area contributed by atoms with E-state index < -0.39 is 0 Å². The quantitative estimate of drug-likeness (QED) is 0.783. The van der Waals surface area contributed by atoms with Crippen molar-refractivity contribution in [2.45, 2.75) is 33.1 Å². The molecule has 4 nitrogen and oxygen atoms in total. The van der Waals surface area contributed by atoms with E-state index in [1.807, 2.05) is 26.0 Å². The van der Waals surface area contributed by atoms with Gasteiger partial charge in [-0.15, -0.1) is 0 Å². The summed E-state index contributed by atoms with van der Waals surface area (Å²) in [5, 5.41) is 0. The van der Waals surface area contributed by atoms with Gasteiger partial charge in [-0.3, -0.25) is 20.4 Å². The fraction of sp³-hybridized carbons (Fsp3) is 0.429. The molecule has 0 unspecified atom stereocenters. The van der Waals surface area contributed by atoms with Crippen LogP contribution in [0, 0.1) is 19.8 Å². The molecule has 96 valence electrons. The first-order chi connectivity index (χ1) is 8.58. The summed E-state index contributed by atoms with van der Waals surface area (Å²) < 4.78 is 0. The van der Waals surface area contributed by atoms with Gasteiger partial charge in [0.1, 0.15) is 0 Å². The number of amides is 2. The monoisotopic (exact) mass is 246 g/mol. The first-order valence-electron chi connectivity index (χ1n) is 6.25. The zero-order valence-electron chi connectivity index (χ0n) is 10.7. The van der Waals surface area contributed by atoms with Crippen molar-refractivity contribution in [2.75, 3.05) is 0 Å². The van der Waals surface area contributed by atoms with Gasteiger partial charge in [0.2, 0.25) is 5.91 Å². The van der Waals surface area contributed by atoms with E-state index >= 15 is 0 Å². The van der Waals surface area contributed by atoms with E-state index in [0.717, 1.165) is 30.4 Å². The summed E-state index contributed by atoms with van der Waals surface area (Å²) in [5.74, 6) is -0.274. The minimum absolute atomic E-state index is 0.0735. The van der Waals surface area contributed by atoms with E-state index in [1.165, 1.54) is 0 Å². The van der Waals surface area contributed by atoms with Gasteiger partial charge in [0.15, 0.2) is 0 Å². The van der Waals surface area contributed by atoms with Crippen molar-refractivity contribution in [3.05, 3.63) is 34.9 Å². The van der Waals surface area contributed by atoms with Gasteiger partial charge in [0.25, 0.3) is 5.91 Å². The van der Waals surface area contributed by atoms with Crippen LogP contribution in [0.2, 0.25) is 0 Å². The van der Waals surface area contributed by atoms with E-state index in [2.05, 4.69) is 10.9 Å². The fourth-order valence-corrected chi connectivity index (χ4v) is 2.03. The Hall–Kier alpha value is -1.84. The highest BCUT2D eigenvalue weighted by molar-refractivity contribution is 5.96. The highest BCUT2D eigenvalue weighted by Crippen LogP contribution is 2.25. The number of hydrogen-bond donors (Lipinski definition) is 2. The van der Waals surface area contributed by atoms with Gasteiger partial charge < -0.3 is 0 Å². The first kappa shape index (κ1) is 12.6. The Morgan fingerprint density at radius 3 is 2.44 bits per heavy atom. The SMILES string of the molecule is Cc1ccc(C(=O)NNC(=O)C2CCC2)c(C)c1. The maximum atomic E-state index is 11.9. The minimum atomic E-state index is -0.264. The summed E-state index contributed by atoms with van der Waals surface area (Å²) >= 11 is 0. The van der Waals surface area contributed by atoms with Crippen LogP contribution in [-0.4, -0.2) is 11.8 Å². The van der Waals surface area contributed by atoms with Crippen molar-refractivity contribution in [2.24, 2.45) is 5.92 Å². The summed E-state index contributed by atoms with van der Waals surface area (Å²) in [6.07, 6.45) is 2.94. The average Bonchev–Trinajstić information content (AvgIpc) is 2.23. The van der Waals surface area contributed by atoms with Crippen LogP contribution in [-0.2, 0) is 4.79 Å². The number of carbonyl (C=O) groups excluding carboxylic acids is 2. The smallest absolute Gasteiger partial charge is 0.269 e. The van der Waals surface area contributed by atoms with E-state index in [9.17, 15) is 9.59 Å². The van der Waals surface area contributed by atoms with Crippen molar-refractivity contribution >= 4 is 11.8 Å². The topological polar surface area (TPSA) is 58.2 Å². The second kappa shape index (κ2) is 5.21. The molecule has 1 aromatic rings. The third kappa shape index (κ3) is 2.70. The van der Waals surface area contributed by atoms with Gasteiger partial charge >= 0.3 is 0 Å². The van der Waals surface area contributed by atoms with Crippen LogP contribution in [0.25, 0.3) is 0 Å². The second-order valence-corrected chi connectivity index (χ2v) is 4.89. The summed E-state index contributed by atoms with van der Waals surface area (Å²) in [6, 6.07) is 5.60. The van der Waals surface area contributed by atoms with Crippen LogP contribution in [0.1, 0.15) is 40.7 Å². The maximum absolute atomic E-state index is 11.9. The standard InChI is InChI=1S/C14H18N2O2/c1-9-6-7-12(10(2)8-9)14(18)16-15-13(17)11-4-3-5-11/h6-8,11H,3-5H2,1-2H3,(H,15,17)(H,16,18). The highest BCUT2D eigenvalue weighted by atomic mass is 16.2. The Bertz CT molecular complexity index is 479. The largest absolute Gasteiger partial charge is 0.273 e. The van der Waals surface area contributed by atoms with E-state index in [4.69, 9.17) is 0 Å². The fourth-order valence-electron chi connectivity index (χ4n) is 2.03. The molecule has 18 heavy (non-hydrogen) atoms. The lowest BCUT2D eigenvalue weighted by Gasteiger charge is -2.24. The van der Waals surface area contributed by atoms with Crippen LogP contribution in [0.15, 0.2) is 18.2 Å². The molecule has 0 spiro atoms. The minimum Gasteiger partial charge on any atom is -0.273 e. The Labute approximate surface area is 107 Å². The molecule has 0 aliphatic heterocycles. The third-order valence-electron chi connectivity index (χ3n) is 3.40. The molecule has 1 aliphatic rings. The first-order valence-corrected chi connectivity index (χ1v) is 6.25. The normalized spacial score (nSPS) is 14.8. The van der Waals surface area contributed by atoms with Gasteiger partial charge in [-0.05, 0) is 38.3 Å². The summed E-state index contributed by atoms with van der Waals surface area (Å²) in [5.41, 5.74) is 7.57. The average molecular weight is 246 g/mol. The lowest BCUT2D eigenvalue weighted by molar-refractivity contribution is -0.128. The molecule has 0 aromatic heterocycles. The molecular formula is C14H18N2O2. The lowest BCUT2D eigenvalue weighted by atomic mass is 9.85. The van der Waals surface area contributed by atoms with Crippen LogP contribution < -0.4 is 10.9 Å². The molecule has 1 saturated carbocycles. The van der Waals surface area contributed by atoms with Crippen LogP contribution in [0.3, 0.4) is 0 Å². The van der Waals surface area contributed by atoms with Gasteiger partial charge in [-0.25, -0.2) is 0 Å². The molecule has 4 heteroatoms. The van der Waals surface area contributed by atoms with E-state index in [-0.39, 0.29) is 17.7 Å². The Morgan fingerprint density at radius 2 is 1.89 bits per heavy atom. The third-order valence-corrected chi connectivity index (χ3v) is 3.40. The Balaban J connectivity index is 1.92. The molecular weight excluding hydrogens is 228 g/mol. The van der Waals surface area contributed by atoms with Crippen molar-refractivity contribution in [1.82, 2.24) is 10.9 Å². The predicted molar refractivity (Wildman–Crippen MR) is 68.9 cm³/mol. The zero-order valence-corrected chi connectivity index (χ0v) is 10.7. The molecule has 1 fully saturated rings. The molecule has 0 bridgehead atoms. The van der Waals surface area contributed by atoms with Crippen molar-refractivity contribution < 1.29 is 9.59 Å². The van der Waals surface area contributed by atoms with Crippen LogP contribution in [0.4, 0.5) is 0 Å². The zero-order chi connectivity index (χ0) is 13.1. The number of nitrogens with one attached hydrogen (secondary N) is 2. The van der Waals surface area contributed by atoms with Gasteiger partial charge in [-0.2, -0.15) is 0 Å². The van der Waals surface area contributed by atoms with Gasteiger partial charge in [-0.1, -0.05) is 24.1 Å². The number of hydrogen-bond acceptors (Lipinski definition) is 2. The van der Waals surface area contributed by atoms with Crippen molar-refractivity contribution in [1.29, 1.82) is 0 Å². The number of carbonyl (C=O) groups is 2. The number of aryl methyl sites for hydroxylation is 2. The van der Waals surface area contributed by atoms with Gasteiger partial charge in [0.05, 0.1) is 0 Å². The predicted octanol–water partition coefficient (Wildman–Crippen LogP) is 1.86. The molecule has 2 rings (SSSR count). The molecule has 0 atom stereocenters. The van der Waals surface area contributed by atoms with E-state index in [1.54, 1.807) is 6.07 Å². The second-order valence-electron chi connectivity index (χ2n) is 4.89. The number of hydrazine groups is 1. The van der Waals surface area contributed by atoms with Crippen molar-refractivity contribution in [3.8, 4) is 0 Å². The summed E-state index contributed by atoms with van der Waals surface area (Å²) in [4.78, 5) is 23.5. The van der Waals surface area contributed by atoms with Gasteiger partial charge in [0, 0.05) is 11.5 Å². The lowest BCUT2D eigenvalue weighted by Crippen LogP contribution is -2.46. The van der Waals surface area contributed by atoms with Crippen LogP contribution in [0.5, 0.6) is 0 Å².